The van der Waals surface area contributed by atoms with Crippen LogP contribution in [0.3, 0.4) is 0 Å². The first kappa shape index (κ1) is 16.0. The van der Waals surface area contributed by atoms with Crippen molar-refractivity contribution in [1.29, 1.82) is 0 Å². The van der Waals surface area contributed by atoms with E-state index in [4.69, 9.17) is 15.2 Å². The molecule has 118 valence electrons. The van der Waals surface area contributed by atoms with Crippen molar-refractivity contribution in [3.63, 3.8) is 0 Å². The second-order valence-corrected chi connectivity index (χ2v) is 7.17. The van der Waals surface area contributed by atoms with Gasteiger partial charge in [0.2, 0.25) is 0 Å². The van der Waals surface area contributed by atoms with Crippen LogP contribution in [0, 0.1) is 11.3 Å². The molecule has 1 aromatic carbocycles. The fourth-order valence-electron chi connectivity index (χ4n) is 3.49. The molecule has 1 saturated carbocycles. The molecule has 0 aliphatic heterocycles. The van der Waals surface area contributed by atoms with Crippen LogP contribution >= 0.6 is 0 Å². The van der Waals surface area contributed by atoms with Gasteiger partial charge in [-0.25, -0.2) is 0 Å². The van der Waals surface area contributed by atoms with Crippen LogP contribution in [0.4, 0.5) is 5.69 Å². The molecule has 3 heteroatoms. The van der Waals surface area contributed by atoms with Gasteiger partial charge >= 0.3 is 0 Å². The highest BCUT2D eigenvalue weighted by Crippen LogP contribution is 2.41. The van der Waals surface area contributed by atoms with Crippen molar-refractivity contribution >= 4 is 5.69 Å². The second kappa shape index (κ2) is 6.59. The van der Waals surface area contributed by atoms with E-state index >= 15 is 0 Å². The molecular weight excluding hydrogens is 262 g/mol. The molecule has 1 aromatic rings. The highest BCUT2D eigenvalue weighted by molar-refractivity contribution is 5.62. The van der Waals surface area contributed by atoms with Crippen LogP contribution in [0.5, 0.6) is 11.5 Å². The molecule has 1 fully saturated rings. The maximum Gasteiger partial charge on any atom is 0.146 e. The fraction of sp³-hybridized carbons (Fsp3) is 0.667. The van der Waals surface area contributed by atoms with Crippen LogP contribution in [0.1, 0.15) is 53.4 Å². The summed E-state index contributed by atoms with van der Waals surface area (Å²) in [7, 11) is 0. The van der Waals surface area contributed by atoms with Gasteiger partial charge in [-0.3, -0.25) is 0 Å². The Hall–Kier alpha value is -1.38. The number of nitrogen functional groups attached to an aromatic ring is 1. The molecule has 21 heavy (non-hydrogen) atoms. The van der Waals surface area contributed by atoms with Crippen molar-refractivity contribution in [2.24, 2.45) is 11.3 Å². The van der Waals surface area contributed by atoms with E-state index in [2.05, 4.69) is 27.7 Å². The molecule has 2 N–H and O–H groups in total. The van der Waals surface area contributed by atoms with Gasteiger partial charge in [0.15, 0.2) is 0 Å². The summed E-state index contributed by atoms with van der Waals surface area (Å²) in [6, 6.07) is 5.81. The highest BCUT2D eigenvalue weighted by Gasteiger charge is 2.33. The summed E-state index contributed by atoms with van der Waals surface area (Å²) in [6.07, 6.45) is 4.66. The van der Waals surface area contributed by atoms with Gasteiger partial charge in [-0.05, 0) is 49.1 Å². The Morgan fingerprint density at radius 2 is 1.95 bits per heavy atom. The monoisotopic (exact) mass is 291 g/mol. The number of nitrogens with two attached hydrogens (primary N) is 1. The van der Waals surface area contributed by atoms with E-state index in [1.54, 1.807) is 0 Å². The van der Waals surface area contributed by atoms with E-state index in [-0.39, 0.29) is 6.10 Å². The summed E-state index contributed by atoms with van der Waals surface area (Å²) in [6.45, 7) is 9.72. The predicted octanol–water partition coefficient (Wildman–Crippen LogP) is 4.65. The Kier molecular flexibility index (Phi) is 5.02. The van der Waals surface area contributed by atoms with Gasteiger partial charge in [0.25, 0.3) is 0 Å². The standard InChI is InChI=1S/C18H29NO2/c1-5-9-20-15-7-6-8-16(17(15)19)21-14-10-13(2)11-18(3,4)12-14/h6-8,13-14H,5,9-12,19H2,1-4H3. The number of ether oxygens (including phenoxy) is 2. The lowest BCUT2D eigenvalue weighted by Gasteiger charge is -2.39. The van der Waals surface area contributed by atoms with E-state index in [1.165, 1.54) is 6.42 Å². The summed E-state index contributed by atoms with van der Waals surface area (Å²) in [5.74, 6) is 2.19. The number of rotatable bonds is 5. The van der Waals surface area contributed by atoms with Crippen LogP contribution < -0.4 is 15.2 Å². The van der Waals surface area contributed by atoms with E-state index < -0.39 is 0 Å². The quantitative estimate of drug-likeness (QED) is 0.803. The minimum atomic E-state index is 0.243. The number of benzene rings is 1. The average molecular weight is 291 g/mol. The molecule has 0 bridgehead atoms. The Morgan fingerprint density at radius 1 is 1.24 bits per heavy atom. The minimum Gasteiger partial charge on any atom is -0.491 e. The van der Waals surface area contributed by atoms with Crippen LogP contribution in [0.2, 0.25) is 0 Å². The van der Waals surface area contributed by atoms with Crippen LogP contribution in [0.25, 0.3) is 0 Å². The molecule has 0 aromatic heterocycles. The summed E-state index contributed by atoms with van der Waals surface area (Å²) in [4.78, 5) is 0. The van der Waals surface area contributed by atoms with Gasteiger partial charge in [0.1, 0.15) is 17.2 Å². The zero-order valence-corrected chi connectivity index (χ0v) is 13.8. The SMILES string of the molecule is CCCOc1cccc(OC2CC(C)CC(C)(C)C2)c1N. The molecule has 0 radical (unpaired) electrons. The topological polar surface area (TPSA) is 44.5 Å². The third kappa shape index (κ3) is 4.29. The number of para-hydroxylation sites is 1. The average Bonchev–Trinajstić information content (AvgIpc) is 2.37. The highest BCUT2D eigenvalue weighted by atomic mass is 16.5. The Bertz CT molecular complexity index is 470. The molecule has 0 amide bonds. The zero-order valence-electron chi connectivity index (χ0n) is 13.8. The van der Waals surface area contributed by atoms with Gasteiger partial charge in [-0.2, -0.15) is 0 Å². The van der Waals surface area contributed by atoms with Crippen LogP contribution in [-0.4, -0.2) is 12.7 Å². The Morgan fingerprint density at radius 3 is 2.62 bits per heavy atom. The molecule has 0 spiro atoms. The van der Waals surface area contributed by atoms with Crippen molar-refractivity contribution in [2.75, 3.05) is 12.3 Å². The van der Waals surface area contributed by atoms with Crippen LogP contribution in [-0.2, 0) is 0 Å². The molecule has 0 heterocycles. The van der Waals surface area contributed by atoms with E-state index in [0.717, 1.165) is 30.8 Å². The van der Waals surface area contributed by atoms with Gasteiger partial charge in [0, 0.05) is 0 Å². The second-order valence-electron chi connectivity index (χ2n) is 7.17. The first-order valence-electron chi connectivity index (χ1n) is 8.09. The lowest BCUT2D eigenvalue weighted by atomic mass is 9.71. The number of anilines is 1. The van der Waals surface area contributed by atoms with Crippen molar-refractivity contribution in [1.82, 2.24) is 0 Å². The van der Waals surface area contributed by atoms with Crippen molar-refractivity contribution in [3.05, 3.63) is 18.2 Å². The van der Waals surface area contributed by atoms with Gasteiger partial charge in [-0.15, -0.1) is 0 Å². The van der Waals surface area contributed by atoms with E-state index in [9.17, 15) is 0 Å². The summed E-state index contributed by atoms with van der Waals surface area (Å²) < 4.78 is 11.9. The van der Waals surface area contributed by atoms with Gasteiger partial charge in [-0.1, -0.05) is 33.8 Å². The zero-order chi connectivity index (χ0) is 15.5. The largest absolute Gasteiger partial charge is 0.491 e. The van der Waals surface area contributed by atoms with Crippen molar-refractivity contribution in [3.8, 4) is 11.5 Å². The molecular formula is C18H29NO2. The first-order chi connectivity index (χ1) is 9.91. The van der Waals surface area contributed by atoms with Crippen LogP contribution in [0.15, 0.2) is 18.2 Å². The maximum absolute atomic E-state index is 6.21. The minimum absolute atomic E-state index is 0.243. The molecule has 3 nitrogen and oxygen atoms in total. The lowest BCUT2D eigenvalue weighted by molar-refractivity contribution is 0.0566. The van der Waals surface area contributed by atoms with Gasteiger partial charge < -0.3 is 15.2 Å². The molecule has 2 atom stereocenters. The van der Waals surface area contributed by atoms with Crippen molar-refractivity contribution < 1.29 is 9.47 Å². The predicted molar refractivity (Wildman–Crippen MR) is 87.9 cm³/mol. The van der Waals surface area contributed by atoms with Gasteiger partial charge in [0.05, 0.1) is 12.7 Å². The Labute approximate surface area is 128 Å². The molecule has 2 unspecified atom stereocenters. The third-order valence-corrected chi connectivity index (χ3v) is 4.13. The summed E-state index contributed by atoms with van der Waals surface area (Å²) in [5.41, 5.74) is 7.16. The smallest absolute Gasteiger partial charge is 0.146 e. The van der Waals surface area contributed by atoms with Crippen molar-refractivity contribution in [2.45, 2.75) is 59.5 Å². The molecule has 1 aliphatic carbocycles. The molecule has 2 rings (SSSR count). The maximum atomic E-state index is 6.21. The molecule has 0 saturated heterocycles. The first-order valence-corrected chi connectivity index (χ1v) is 8.09. The number of hydrogen-bond donors (Lipinski definition) is 1. The number of hydrogen-bond acceptors (Lipinski definition) is 3. The molecule has 1 aliphatic rings. The third-order valence-electron chi connectivity index (χ3n) is 4.13. The summed E-state index contributed by atoms with van der Waals surface area (Å²) in [5, 5.41) is 0. The fourth-order valence-corrected chi connectivity index (χ4v) is 3.49. The van der Waals surface area contributed by atoms with E-state index in [0.29, 0.717) is 23.6 Å². The summed E-state index contributed by atoms with van der Waals surface area (Å²) >= 11 is 0. The Balaban J connectivity index is 2.08. The normalized spacial score (nSPS) is 24.6. The lowest BCUT2D eigenvalue weighted by Crippen LogP contribution is -2.34. The van der Waals surface area contributed by atoms with E-state index in [1.807, 2.05) is 18.2 Å².